The minimum Gasteiger partial charge on any atom is -0.478 e. The van der Waals surface area contributed by atoms with E-state index in [2.05, 4.69) is 5.10 Å². The zero-order valence-corrected chi connectivity index (χ0v) is 17.7. The molecule has 162 valence electrons. The molecule has 2 heterocycles. The maximum atomic E-state index is 13.0. The lowest BCUT2D eigenvalue weighted by Crippen LogP contribution is -2.21. The van der Waals surface area contributed by atoms with Gasteiger partial charge in [0, 0.05) is 17.6 Å². The summed E-state index contributed by atoms with van der Waals surface area (Å²) >= 11 is 0. The summed E-state index contributed by atoms with van der Waals surface area (Å²) in [7, 11) is -3.79. The first-order valence-electron chi connectivity index (χ1n) is 9.41. The molecule has 0 spiro atoms. The minimum atomic E-state index is -3.79. The van der Waals surface area contributed by atoms with Crippen LogP contribution in [0.1, 0.15) is 23.0 Å². The number of aromatic carboxylic acids is 1. The number of hydrazone groups is 1. The number of carboxylic acids is 1. The van der Waals surface area contributed by atoms with Crippen LogP contribution < -0.4 is 10.1 Å². The van der Waals surface area contributed by atoms with Crippen LogP contribution in [0.4, 0.5) is 5.69 Å². The number of carbonyl (C=O) groups is 2. The number of rotatable bonds is 5. The topological polar surface area (TPSA) is 135 Å². The van der Waals surface area contributed by atoms with Gasteiger partial charge in [-0.1, -0.05) is 0 Å². The highest BCUT2D eigenvalue weighted by Gasteiger charge is 2.29. The Morgan fingerprint density at radius 1 is 1.03 bits per heavy atom. The Hall–Kier alpha value is -4.02. The third-order valence-electron chi connectivity index (χ3n) is 4.94. The fraction of sp³-hybridized carbons (Fsp3) is 0.0455. The molecule has 0 saturated carbocycles. The fourth-order valence-corrected chi connectivity index (χ4v) is 3.81. The number of benzene rings is 2. The zero-order valence-electron chi connectivity index (χ0n) is 16.8. The number of carboxylic acid groups (broad SMARTS) is 1. The second-order valence-corrected chi connectivity index (χ2v) is 8.62. The van der Waals surface area contributed by atoms with E-state index in [1.54, 1.807) is 42.0 Å². The zero-order chi connectivity index (χ0) is 23.0. The van der Waals surface area contributed by atoms with Crippen molar-refractivity contribution in [1.82, 2.24) is 4.57 Å². The van der Waals surface area contributed by atoms with Crippen LogP contribution in [-0.2, 0) is 14.8 Å². The van der Waals surface area contributed by atoms with Gasteiger partial charge in [-0.15, -0.1) is 0 Å². The van der Waals surface area contributed by atoms with E-state index in [0.29, 0.717) is 28.4 Å². The lowest BCUT2D eigenvalue weighted by atomic mass is 10.1. The van der Waals surface area contributed by atoms with Crippen molar-refractivity contribution in [3.8, 4) is 5.69 Å². The number of carbonyl (C=O) groups excluding carboxylic acids is 1. The number of hydrogen-bond acceptors (Lipinski definition) is 5. The van der Waals surface area contributed by atoms with Gasteiger partial charge < -0.3 is 9.67 Å². The smallest absolute Gasteiger partial charge is 0.335 e. The molecule has 1 aliphatic rings. The van der Waals surface area contributed by atoms with Gasteiger partial charge in [0.15, 0.2) is 0 Å². The van der Waals surface area contributed by atoms with Gasteiger partial charge in [-0.25, -0.2) is 18.4 Å². The summed E-state index contributed by atoms with van der Waals surface area (Å²) < 4.78 is 24.7. The summed E-state index contributed by atoms with van der Waals surface area (Å²) in [6, 6.07) is 15.6. The average molecular weight is 450 g/mol. The fourth-order valence-electron chi connectivity index (χ4n) is 3.30. The van der Waals surface area contributed by atoms with Crippen LogP contribution in [0.3, 0.4) is 0 Å². The van der Waals surface area contributed by atoms with Crippen LogP contribution in [0.25, 0.3) is 11.8 Å². The van der Waals surface area contributed by atoms with E-state index in [-0.39, 0.29) is 16.4 Å². The first-order chi connectivity index (χ1) is 15.1. The molecular weight excluding hydrogens is 432 g/mol. The average Bonchev–Trinajstić information content (AvgIpc) is 3.33. The van der Waals surface area contributed by atoms with Gasteiger partial charge in [0.25, 0.3) is 5.91 Å². The lowest BCUT2D eigenvalue weighted by molar-refractivity contribution is -0.114. The molecular formula is C22H18N4O5S. The van der Waals surface area contributed by atoms with Gasteiger partial charge in [-0.05, 0) is 73.7 Å². The molecule has 1 aliphatic heterocycles. The van der Waals surface area contributed by atoms with Crippen molar-refractivity contribution in [2.45, 2.75) is 11.8 Å². The highest BCUT2D eigenvalue weighted by Crippen LogP contribution is 2.26. The molecule has 0 radical (unpaired) electrons. The number of aromatic nitrogens is 1. The van der Waals surface area contributed by atoms with Gasteiger partial charge in [-0.2, -0.15) is 10.1 Å². The van der Waals surface area contributed by atoms with Crippen LogP contribution in [0.2, 0.25) is 0 Å². The second kappa shape index (κ2) is 7.91. The Balaban J connectivity index is 1.64. The van der Waals surface area contributed by atoms with E-state index in [1.165, 1.54) is 41.4 Å². The summed E-state index contributed by atoms with van der Waals surface area (Å²) in [6.45, 7) is 1.71. The normalized spacial score (nSPS) is 15.3. The number of amides is 1. The second-order valence-electron chi connectivity index (χ2n) is 7.05. The van der Waals surface area contributed by atoms with Crippen LogP contribution in [0.5, 0.6) is 0 Å². The highest BCUT2D eigenvalue weighted by molar-refractivity contribution is 7.89. The highest BCUT2D eigenvalue weighted by atomic mass is 32.2. The molecule has 1 amide bonds. The van der Waals surface area contributed by atoms with Gasteiger partial charge in [0.05, 0.1) is 27.4 Å². The number of sulfonamides is 1. The van der Waals surface area contributed by atoms with Crippen molar-refractivity contribution >= 4 is 39.4 Å². The van der Waals surface area contributed by atoms with Gasteiger partial charge in [-0.3, -0.25) is 4.79 Å². The van der Waals surface area contributed by atoms with Crippen LogP contribution in [0, 0.1) is 0 Å². The molecule has 0 bridgehead atoms. The number of hydrogen-bond donors (Lipinski definition) is 2. The van der Waals surface area contributed by atoms with Gasteiger partial charge in [0.2, 0.25) is 10.0 Å². The molecule has 0 saturated heterocycles. The van der Waals surface area contributed by atoms with Crippen molar-refractivity contribution in [2.75, 3.05) is 5.01 Å². The number of primary sulfonamides is 1. The third kappa shape index (κ3) is 3.96. The summed E-state index contributed by atoms with van der Waals surface area (Å²) in [5.74, 6) is -1.40. The van der Waals surface area contributed by atoms with Gasteiger partial charge in [0.1, 0.15) is 0 Å². The standard InChI is InChI=1S/C22H18N4O5S/c1-14-20(21(27)26(24-14)17-6-4-15(5-7-17)22(28)29)13-18-3-2-12-25(18)16-8-10-19(11-9-16)32(23,30)31/h2-13H,1H3,(H,28,29)(H2,23,30,31)/b20-13+. The van der Waals surface area contributed by atoms with Crippen molar-refractivity contribution in [2.24, 2.45) is 10.2 Å². The molecule has 10 heteroatoms. The Bertz CT molecular complexity index is 1380. The maximum Gasteiger partial charge on any atom is 0.335 e. The molecule has 32 heavy (non-hydrogen) atoms. The van der Waals surface area contributed by atoms with E-state index in [1.807, 2.05) is 6.07 Å². The van der Waals surface area contributed by atoms with E-state index in [0.717, 1.165) is 0 Å². The predicted molar refractivity (Wildman–Crippen MR) is 119 cm³/mol. The van der Waals surface area contributed by atoms with Gasteiger partial charge >= 0.3 is 5.97 Å². The number of nitrogens with two attached hydrogens (primary N) is 1. The van der Waals surface area contributed by atoms with Crippen molar-refractivity contribution < 1.29 is 23.1 Å². The Kier molecular flexibility index (Phi) is 5.25. The molecule has 0 aliphatic carbocycles. The van der Waals surface area contributed by atoms with E-state index in [4.69, 9.17) is 10.2 Å². The van der Waals surface area contributed by atoms with Crippen LogP contribution in [0.15, 0.2) is 82.4 Å². The van der Waals surface area contributed by atoms with Crippen LogP contribution >= 0.6 is 0 Å². The molecule has 4 rings (SSSR count). The molecule has 1 aromatic heterocycles. The van der Waals surface area contributed by atoms with E-state index < -0.39 is 16.0 Å². The largest absolute Gasteiger partial charge is 0.478 e. The summed E-state index contributed by atoms with van der Waals surface area (Å²) in [4.78, 5) is 24.0. The minimum absolute atomic E-state index is 0.00631. The molecule has 2 aromatic carbocycles. The third-order valence-corrected chi connectivity index (χ3v) is 5.87. The quantitative estimate of drug-likeness (QED) is 0.576. The first-order valence-corrected chi connectivity index (χ1v) is 11.0. The molecule has 0 unspecified atom stereocenters. The van der Waals surface area contributed by atoms with Crippen molar-refractivity contribution in [3.05, 3.63) is 83.7 Å². The molecule has 0 fully saturated rings. The molecule has 3 N–H and O–H groups in total. The Labute approximate surface area is 183 Å². The van der Waals surface area contributed by atoms with Crippen molar-refractivity contribution in [3.63, 3.8) is 0 Å². The van der Waals surface area contributed by atoms with Crippen molar-refractivity contribution in [1.29, 1.82) is 0 Å². The number of anilines is 1. The maximum absolute atomic E-state index is 13.0. The van der Waals surface area contributed by atoms with E-state index >= 15 is 0 Å². The summed E-state index contributed by atoms with van der Waals surface area (Å²) in [5.41, 5.74) is 2.84. The van der Waals surface area contributed by atoms with E-state index in [9.17, 15) is 18.0 Å². The predicted octanol–water partition coefficient (Wildman–Crippen LogP) is 2.63. The SMILES string of the molecule is CC1=NN(c2ccc(C(=O)O)cc2)C(=O)/C1=C/c1cccn1-c1ccc(S(N)(=O)=O)cc1. The number of nitrogens with zero attached hydrogens (tertiary/aromatic N) is 3. The first kappa shape index (κ1) is 21.2. The molecule has 0 atom stereocenters. The van der Waals surface area contributed by atoms with Crippen LogP contribution in [-0.4, -0.2) is 35.7 Å². The molecule has 3 aromatic rings. The lowest BCUT2D eigenvalue weighted by Gasteiger charge is -2.12. The monoisotopic (exact) mass is 450 g/mol. The summed E-state index contributed by atoms with van der Waals surface area (Å²) in [6.07, 6.45) is 3.48. The summed E-state index contributed by atoms with van der Waals surface area (Å²) in [5, 5.41) is 19.7. The Morgan fingerprint density at radius 3 is 2.25 bits per heavy atom. The Morgan fingerprint density at radius 2 is 1.66 bits per heavy atom. The molecule has 9 nitrogen and oxygen atoms in total.